The smallest absolute Gasteiger partial charge is 0.265 e. The standard InChI is InChI=1S/C13H21N5OS/c14-9-2-1-5-18(7-9)13-17-11(15)10(20-13)12(19)16-6-8-3-4-8/h8-9H,1-7,14-15H2,(H,16,19). The lowest BCUT2D eigenvalue weighted by atomic mass is 10.1. The van der Waals surface area contributed by atoms with Crippen LogP contribution in [-0.4, -0.2) is 36.6 Å². The molecule has 2 heterocycles. The van der Waals surface area contributed by atoms with Gasteiger partial charge in [0.15, 0.2) is 5.13 Å². The van der Waals surface area contributed by atoms with Crippen molar-refractivity contribution < 1.29 is 4.79 Å². The monoisotopic (exact) mass is 295 g/mol. The number of nitrogens with zero attached hydrogens (tertiary/aromatic N) is 2. The van der Waals surface area contributed by atoms with Gasteiger partial charge in [0.25, 0.3) is 5.91 Å². The molecule has 7 heteroatoms. The summed E-state index contributed by atoms with van der Waals surface area (Å²) in [5.41, 5.74) is 11.9. The molecule has 1 saturated heterocycles. The third-order valence-electron chi connectivity index (χ3n) is 3.82. The summed E-state index contributed by atoms with van der Waals surface area (Å²) in [7, 11) is 0. The van der Waals surface area contributed by atoms with E-state index in [0.29, 0.717) is 16.6 Å². The van der Waals surface area contributed by atoms with Crippen molar-refractivity contribution in [2.75, 3.05) is 30.3 Å². The Balaban J connectivity index is 1.67. The number of rotatable bonds is 4. The van der Waals surface area contributed by atoms with Crippen LogP contribution < -0.4 is 21.7 Å². The Kier molecular flexibility index (Phi) is 3.80. The van der Waals surface area contributed by atoms with Crippen molar-refractivity contribution in [1.29, 1.82) is 0 Å². The minimum absolute atomic E-state index is 0.0977. The summed E-state index contributed by atoms with van der Waals surface area (Å²) in [4.78, 5) is 19.1. The molecule has 1 aliphatic carbocycles. The first kappa shape index (κ1) is 13.6. The number of nitrogens with one attached hydrogen (secondary N) is 1. The predicted molar refractivity (Wildman–Crippen MR) is 81.0 cm³/mol. The Bertz CT molecular complexity index is 499. The summed E-state index contributed by atoms with van der Waals surface area (Å²) in [5.74, 6) is 0.893. The van der Waals surface area contributed by atoms with E-state index in [1.165, 1.54) is 24.2 Å². The zero-order valence-electron chi connectivity index (χ0n) is 11.5. The number of carbonyl (C=O) groups is 1. The summed E-state index contributed by atoms with van der Waals surface area (Å²) in [6.45, 7) is 2.47. The van der Waals surface area contributed by atoms with Crippen molar-refractivity contribution in [2.24, 2.45) is 11.7 Å². The normalized spacial score (nSPS) is 22.9. The molecule has 2 aliphatic rings. The van der Waals surface area contributed by atoms with E-state index in [1.807, 2.05) is 0 Å². The second kappa shape index (κ2) is 5.57. The van der Waals surface area contributed by atoms with Crippen LogP contribution in [0.25, 0.3) is 0 Å². The fraction of sp³-hybridized carbons (Fsp3) is 0.692. The topological polar surface area (TPSA) is 97.3 Å². The molecule has 1 unspecified atom stereocenters. The number of amides is 1. The summed E-state index contributed by atoms with van der Waals surface area (Å²) >= 11 is 1.37. The van der Waals surface area contributed by atoms with Crippen LogP contribution in [0.4, 0.5) is 10.9 Å². The van der Waals surface area contributed by atoms with Gasteiger partial charge in [0.2, 0.25) is 0 Å². The first-order valence-corrected chi connectivity index (χ1v) is 8.00. The lowest BCUT2D eigenvalue weighted by molar-refractivity contribution is 0.0956. The molecule has 1 aliphatic heterocycles. The summed E-state index contributed by atoms with van der Waals surface area (Å²) in [5, 5.41) is 3.75. The van der Waals surface area contributed by atoms with Gasteiger partial charge in [0, 0.05) is 25.7 Å². The van der Waals surface area contributed by atoms with Gasteiger partial charge < -0.3 is 21.7 Å². The SMILES string of the molecule is Nc1nc(N2CCCC(N)C2)sc1C(=O)NCC1CC1. The van der Waals surface area contributed by atoms with Crippen LogP contribution in [0.1, 0.15) is 35.4 Å². The maximum atomic E-state index is 12.1. The van der Waals surface area contributed by atoms with Crippen molar-refractivity contribution in [3.8, 4) is 0 Å². The highest BCUT2D eigenvalue weighted by Gasteiger charge is 2.25. The van der Waals surface area contributed by atoms with Crippen molar-refractivity contribution in [2.45, 2.75) is 31.7 Å². The molecule has 20 heavy (non-hydrogen) atoms. The Labute approximate surface area is 122 Å². The van der Waals surface area contributed by atoms with Crippen LogP contribution in [0.15, 0.2) is 0 Å². The van der Waals surface area contributed by atoms with E-state index < -0.39 is 0 Å². The maximum absolute atomic E-state index is 12.1. The lowest BCUT2D eigenvalue weighted by Gasteiger charge is -2.30. The molecule has 1 saturated carbocycles. The van der Waals surface area contributed by atoms with Crippen LogP contribution in [0.2, 0.25) is 0 Å². The van der Waals surface area contributed by atoms with Gasteiger partial charge in [-0.25, -0.2) is 4.98 Å². The second-order valence-corrected chi connectivity index (χ2v) is 6.69. The van der Waals surface area contributed by atoms with E-state index in [-0.39, 0.29) is 11.9 Å². The third-order valence-corrected chi connectivity index (χ3v) is 4.96. The Morgan fingerprint density at radius 3 is 2.95 bits per heavy atom. The van der Waals surface area contributed by atoms with Gasteiger partial charge in [0.05, 0.1) is 0 Å². The second-order valence-electron chi connectivity index (χ2n) is 5.71. The summed E-state index contributed by atoms with van der Waals surface area (Å²) in [6.07, 6.45) is 4.54. The van der Waals surface area contributed by atoms with Gasteiger partial charge in [-0.05, 0) is 31.6 Å². The van der Waals surface area contributed by atoms with Crippen molar-refractivity contribution >= 4 is 28.2 Å². The van der Waals surface area contributed by atoms with Gasteiger partial charge >= 0.3 is 0 Å². The molecule has 0 aromatic carbocycles. The van der Waals surface area contributed by atoms with Crippen LogP contribution in [0.3, 0.4) is 0 Å². The number of aromatic nitrogens is 1. The number of thiazole rings is 1. The van der Waals surface area contributed by atoms with Gasteiger partial charge in [-0.1, -0.05) is 11.3 Å². The van der Waals surface area contributed by atoms with Gasteiger partial charge in [-0.2, -0.15) is 0 Å². The van der Waals surface area contributed by atoms with Crippen LogP contribution >= 0.6 is 11.3 Å². The highest BCUT2D eigenvalue weighted by Crippen LogP contribution is 2.31. The molecule has 110 valence electrons. The Morgan fingerprint density at radius 2 is 2.25 bits per heavy atom. The molecule has 0 bridgehead atoms. The molecule has 1 atom stereocenters. The van der Waals surface area contributed by atoms with E-state index in [1.54, 1.807) is 0 Å². The number of hydrogen-bond donors (Lipinski definition) is 3. The molecule has 1 aromatic heterocycles. The molecule has 1 aromatic rings. The first-order chi connectivity index (χ1) is 9.63. The average molecular weight is 295 g/mol. The largest absolute Gasteiger partial charge is 0.382 e. The first-order valence-electron chi connectivity index (χ1n) is 7.18. The highest BCUT2D eigenvalue weighted by molar-refractivity contribution is 7.18. The van der Waals surface area contributed by atoms with E-state index in [9.17, 15) is 4.79 Å². The number of anilines is 2. The molecule has 6 nitrogen and oxygen atoms in total. The summed E-state index contributed by atoms with van der Waals surface area (Å²) in [6, 6.07) is 0.181. The van der Waals surface area contributed by atoms with E-state index >= 15 is 0 Å². The van der Waals surface area contributed by atoms with Gasteiger partial charge in [-0.3, -0.25) is 4.79 Å². The number of hydrogen-bond acceptors (Lipinski definition) is 6. The number of piperidine rings is 1. The molecule has 1 amide bonds. The highest BCUT2D eigenvalue weighted by atomic mass is 32.1. The molecule has 0 spiro atoms. The van der Waals surface area contributed by atoms with Gasteiger partial charge in [-0.15, -0.1) is 0 Å². The Hall–Kier alpha value is -1.34. The van der Waals surface area contributed by atoms with Crippen LogP contribution in [0, 0.1) is 5.92 Å². The van der Waals surface area contributed by atoms with E-state index in [2.05, 4.69) is 15.2 Å². The lowest BCUT2D eigenvalue weighted by Crippen LogP contribution is -2.42. The number of nitrogen functional groups attached to an aromatic ring is 1. The van der Waals surface area contributed by atoms with Gasteiger partial charge in [0.1, 0.15) is 10.7 Å². The van der Waals surface area contributed by atoms with E-state index in [4.69, 9.17) is 11.5 Å². The number of nitrogens with two attached hydrogens (primary N) is 2. The minimum Gasteiger partial charge on any atom is -0.382 e. The quantitative estimate of drug-likeness (QED) is 0.763. The van der Waals surface area contributed by atoms with Crippen molar-refractivity contribution in [1.82, 2.24) is 10.3 Å². The number of carbonyl (C=O) groups excluding carboxylic acids is 1. The molecule has 0 radical (unpaired) electrons. The predicted octanol–water partition coefficient (Wildman–Crippen LogP) is 0.793. The molecular weight excluding hydrogens is 274 g/mol. The zero-order valence-corrected chi connectivity index (χ0v) is 12.3. The van der Waals surface area contributed by atoms with Crippen molar-refractivity contribution in [3.05, 3.63) is 4.88 Å². The summed E-state index contributed by atoms with van der Waals surface area (Å²) < 4.78 is 0. The maximum Gasteiger partial charge on any atom is 0.265 e. The third kappa shape index (κ3) is 3.04. The molecule has 2 fully saturated rings. The zero-order chi connectivity index (χ0) is 14.1. The Morgan fingerprint density at radius 1 is 1.45 bits per heavy atom. The van der Waals surface area contributed by atoms with E-state index in [0.717, 1.165) is 37.6 Å². The van der Waals surface area contributed by atoms with Crippen LogP contribution in [0.5, 0.6) is 0 Å². The average Bonchev–Trinajstić information content (AvgIpc) is 3.17. The molecule has 3 rings (SSSR count). The van der Waals surface area contributed by atoms with Crippen molar-refractivity contribution in [3.63, 3.8) is 0 Å². The fourth-order valence-corrected chi connectivity index (χ4v) is 3.38. The fourth-order valence-electron chi connectivity index (χ4n) is 2.44. The molecule has 5 N–H and O–H groups in total. The molecular formula is C13H21N5OS. The van der Waals surface area contributed by atoms with Crippen LogP contribution in [-0.2, 0) is 0 Å². The minimum atomic E-state index is -0.0977.